The molecule has 19 heavy (non-hydrogen) atoms. The van der Waals surface area contributed by atoms with Crippen LogP contribution in [0.25, 0.3) is 0 Å². The number of aryl methyl sites for hydroxylation is 1. The fourth-order valence-electron chi connectivity index (χ4n) is 2.03. The zero-order chi connectivity index (χ0) is 13.7. The number of hydrogen-bond donors (Lipinski definition) is 1. The molecule has 2 N–H and O–H groups in total. The van der Waals surface area contributed by atoms with Gasteiger partial charge in [0.1, 0.15) is 0 Å². The molecule has 1 heterocycles. The zero-order valence-electron chi connectivity index (χ0n) is 11.0. The van der Waals surface area contributed by atoms with Crippen LogP contribution in [0.4, 0.5) is 5.69 Å². The van der Waals surface area contributed by atoms with Gasteiger partial charge in [0.15, 0.2) is 0 Å². The van der Waals surface area contributed by atoms with Crippen molar-refractivity contribution in [3.05, 3.63) is 52.2 Å². The minimum absolute atomic E-state index is 0.0993. The highest BCUT2D eigenvalue weighted by molar-refractivity contribution is 7.10. The van der Waals surface area contributed by atoms with Gasteiger partial charge in [-0.25, -0.2) is 0 Å². The van der Waals surface area contributed by atoms with Crippen molar-refractivity contribution >= 4 is 22.9 Å². The fraction of sp³-hybridized carbons (Fsp3) is 0.267. The van der Waals surface area contributed by atoms with Crippen LogP contribution in [-0.2, 0) is 11.2 Å². The van der Waals surface area contributed by atoms with E-state index in [1.165, 1.54) is 0 Å². The van der Waals surface area contributed by atoms with Crippen molar-refractivity contribution in [1.29, 1.82) is 0 Å². The average Bonchev–Trinajstić information content (AvgIpc) is 2.90. The number of hydrogen-bond acceptors (Lipinski definition) is 3. The first-order valence-corrected chi connectivity index (χ1v) is 7.19. The van der Waals surface area contributed by atoms with Gasteiger partial charge in [-0.1, -0.05) is 24.3 Å². The summed E-state index contributed by atoms with van der Waals surface area (Å²) in [5, 5.41) is 1.99. The third kappa shape index (κ3) is 3.43. The Balaban J connectivity index is 2.20. The van der Waals surface area contributed by atoms with Gasteiger partial charge >= 0.3 is 0 Å². The second-order valence-electron chi connectivity index (χ2n) is 4.38. The molecule has 0 aliphatic heterocycles. The van der Waals surface area contributed by atoms with Crippen LogP contribution in [0.2, 0.25) is 0 Å². The van der Waals surface area contributed by atoms with Crippen molar-refractivity contribution in [3.8, 4) is 0 Å². The van der Waals surface area contributed by atoms with Crippen LogP contribution in [0.3, 0.4) is 0 Å². The molecule has 4 heteroatoms. The maximum Gasteiger partial charge on any atom is 0.232 e. The number of carbonyl (C=O) groups is 1. The van der Waals surface area contributed by atoms with Crippen molar-refractivity contribution in [1.82, 2.24) is 0 Å². The molecule has 0 aliphatic rings. The SMILES string of the molecule is Cc1ccccc1N(CCN)C(=O)Cc1cccs1. The van der Waals surface area contributed by atoms with Crippen LogP contribution in [0, 0.1) is 6.92 Å². The van der Waals surface area contributed by atoms with Gasteiger partial charge in [-0.05, 0) is 30.0 Å². The Morgan fingerprint density at radius 3 is 2.68 bits per heavy atom. The third-order valence-electron chi connectivity index (χ3n) is 2.97. The van der Waals surface area contributed by atoms with E-state index in [0.29, 0.717) is 19.5 Å². The molecular formula is C15H18N2OS. The first kappa shape index (κ1) is 13.8. The minimum atomic E-state index is 0.0993. The minimum Gasteiger partial charge on any atom is -0.329 e. The van der Waals surface area contributed by atoms with Crippen LogP contribution < -0.4 is 10.6 Å². The van der Waals surface area contributed by atoms with Crippen LogP contribution >= 0.6 is 11.3 Å². The fourth-order valence-corrected chi connectivity index (χ4v) is 2.73. The molecule has 0 saturated carbocycles. The van der Waals surface area contributed by atoms with Gasteiger partial charge in [0.25, 0.3) is 0 Å². The molecule has 3 nitrogen and oxygen atoms in total. The molecule has 1 amide bonds. The summed E-state index contributed by atoms with van der Waals surface area (Å²) in [6.45, 7) is 3.02. The Kier molecular flexibility index (Phi) is 4.71. The van der Waals surface area contributed by atoms with Crippen molar-refractivity contribution in [2.75, 3.05) is 18.0 Å². The quantitative estimate of drug-likeness (QED) is 0.911. The third-order valence-corrected chi connectivity index (χ3v) is 3.84. The monoisotopic (exact) mass is 274 g/mol. The number of anilines is 1. The predicted octanol–water partition coefficient (Wildman–Crippen LogP) is 2.59. The van der Waals surface area contributed by atoms with Gasteiger partial charge in [0, 0.05) is 23.7 Å². The van der Waals surface area contributed by atoms with Gasteiger partial charge in [0.2, 0.25) is 5.91 Å². The number of para-hydroxylation sites is 1. The number of rotatable bonds is 5. The summed E-state index contributed by atoms with van der Waals surface area (Å²) in [4.78, 5) is 15.3. The van der Waals surface area contributed by atoms with Crippen molar-refractivity contribution in [2.24, 2.45) is 5.73 Å². The molecule has 1 aromatic carbocycles. The molecule has 0 unspecified atom stereocenters. The Hall–Kier alpha value is -1.65. The summed E-state index contributed by atoms with van der Waals surface area (Å²) in [6.07, 6.45) is 0.437. The molecule has 0 atom stereocenters. The summed E-state index contributed by atoms with van der Waals surface area (Å²) in [7, 11) is 0. The van der Waals surface area contributed by atoms with Gasteiger partial charge < -0.3 is 10.6 Å². The molecule has 0 aliphatic carbocycles. The number of benzene rings is 1. The van der Waals surface area contributed by atoms with E-state index < -0.39 is 0 Å². The Bertz CT molecular complexity index is 537. The lowest BCUT2D eigenvalue weighted by molar-refractivity contribution is -0.117. The maximum absolute atomic E-state index is 12.4. The Morgan fingerprint density at radius 2 is 2.05 bits per heavy atom. The highest BCUT2D eigenvalue weighted by Gasteiger charge is 2.17. The molecule has 2 aromatic rings. The molecule has 1 aromatic heterocycles. The molecule has 0 radical (unpaired) electrons. The number of amides is 1. The molecule has 100 valence electrons. The Labute approximate surface area is 117 Å². The van der Waals surface area contributed by atoms with Crippen LogP contribution in [0.1, 0.15) is 10.4 Å². The maximum atomic E-state index is 12.4. The molecule has 2 rings (SSSR count). The van der Waals surface area contributed by atoms with Crippen LogP contribution in [-0.4, -0.2) is 19.0 Å². The number of nitrogens with two attached hydrogens (primary N) is 1. The first-order chi connectivity index (χ1) is 9.22. The molecule has 0 spiro atoms. The summed E-state index contributed by atoms with van der Waals surface area (Å²) < 4.78 is 0. The first-order valence-electron chi connectivity index (χ1n) is 6.31. The molecule has 0 saturated heterocycles. The lowest BCUT2D eigenvalue weighted by atomic mass is 10.1. The van der Waals surface area contributed by atoms with E-state index in [2.05, 4.69) is 0 Å². The van der Waals surface area contributed by atoms with Gasteiger partial charge in [-0.3, -0.25) is 4.79 Å². The zero-order valence-corrected chi connectivity index (χ0v) is 11.8. The highest BCUT2D eigenvalue weighted by Crippen LogP contribution is 2.21. The van der Waals surface area contributed by atoms with E-state index in [0.717, 1.165) is 16.1 Å². The van der Waals surface area contributed by atoms with E-state index in [4.69, 9.17) is 5.73 Å². The van der Waals surface area contributed by atoms with Gasteiger partial charge in [-0.15, -0.1) is 11.3 Å². The summed E-state index contributed by atoms with van der Waals surface area (Å²) >= 11 is 1.61. The van der Waals surface area contributed by atoms with Crippen molar-refractivity contribution < 1.29 is 4.79 Å². The van der Waals surface area contributed by atoms with Gasteiger partial charge in [-0.2, -0.15) is 0 Å². The smallest absolute Gasteiger partial charge is 0.232 e. The number of carbonyl (C=O) groups excluding carboxylic acids is 1. The predicted molar refractivity (Wildman–Crippen MR) is 80.6 cm³/mol. The van der Waals surface area contributed by atoms with Crippen molar-refractivity contribution in [3.63, 3.8) is 0 Å². The molecular weight excluding hydrogens is 256 g/mol. The number of thiophene rings is 1. The highest BCUT2D eigenvalue weighted by atomic mass is 32.1. The second-order valence-corrected chi connectivity index (χ2v) is 5.41. The van der Waals surface area contributed by atoms with Crippen molar-refractivity contribution in [2.45, 2.75) is 13.3 Å². The van der Waals surface area contributed by atoms with E-state index in [9.17, 15) is 4.79 Å². The van der Waals surface area contributed by atoms with Gasteiger partial charge in [0.05, 0.1) is 6.42 Å². The average molecular weight is 274 g/mol. The van der Waals surface area contributed by atoms with Crippen LogP contribution in [0.5, 0.6) is 0 Å². The summed E-state index contributed by atoms with van der Waals surface area (Å²) in [6, 6.07) is 11.9. The number of nitrogens with zero attached hydrogens (tertiary/aromatic N) is 1. The lowest BCUT2D eigenvalue weighted by Crippen LogP contribution is -2.36. The van der Waals surface area contributed by atoms with E-state index in [1.54, 1.807) is 16.2 Å². The normalized spacial score (nSPS) is 10.4. The lowest BCUT2D eigenvalue weighted by Gasteiger charge is -2.23. The largest absolute Gasteiger partial charge is 0.329 e. The second kappa shape index (κ2) is 6.50. The summed E-state index contributed by atoms with van der Waals surface area (Å²) in [5.74, 6) is 0.0993. The standard InChI is InChI=1S/C15H18N2OS/c1-12-5-2-3-7-14(12)17(9-8-16)15(18)11-13-6-4-10-19-13/h2-7,10H,8-9,11,16H2,1H3. The molecule has 0 bridgehead atoms. The summed E-state index contributed by atoms with van der Waals surface area (Å²) in [5.41, 5.74) is 7.68. The van der Waals surface area contributed by atoms with E-state index >= 15 is 0 Å². The van der Waals surface area contributed by atoms with E-state index in [1.807, 2.05) is 48.7 Å². The van der Waals surface area contributed by atoms with E-state index in [-0.39, 0.29) is 5.91 Å². The topological polar surface area (TPSA) is 46.3 Å². The molecule has 0 fully saturated rings. The Morgan fingerprint density at radius 1 is 1.26 bits per heavy atom. The van der Waals surface area contributed by atoms with Crippen LogP contribution in [0.15, 0.2) is 41.8 Å².